The first-order valence-corrected chi connectivity index (χ1v) is 9.89. The van der Waals surface area contributed by atoms with Gasteiger partial charge in [0.05, 0.1) is 6.20 Å². The number of fused-ring (bicyclic) bond motifs is 1. The highest BCUT2D eigenvalue weighted by Crippen LogP contribution is 2.32. The van der Waals surface area contributed by atoms with E-state index in [1.54, 1.807) is 12.3 Å². The van der Waals surface area contributed by atoms with Crippen molar-refractivity contribution in [2.45, 2.75) is 45.4 Å². The van der Waals surface area contributed by atoms with Crippen molar-refractivity contribution >= 4 is 23.6 Å². The van der Waals surface area contributed by atoms with Gasteiger partial charge in [-0.25, -0.2) is 4.98 Å². The molecule has 5 nitrogen and oxygen atoms in total. The van der Waals surface area contributed by atoms with Crippen LogP contribution in [0, 0.1) is 12.3 Å². The van der Waals surface area contributed by atoms with E-state index in [9.17, 15) is 0 Å². The number of rotatable bonds is 4. The molecule has 1 aliphatic carbocycles. The van der Waals surface area contributed by atoms with Crippen LogP contribution in [0.25, 0.3) is 11.3 Å². The molecule has 28 heavy (non-hydrogen) atoms. The summed E-state index contributed by atoms with van der Waals surface area (Å²) in [7, 11) is 0. The monoisotopic (exact) mass is 374 g/mol. The van der Waals surface area contributed by atoms with Crippen LogP contribution in [0.15, 0.2) is 40.9 Å². The predicted octanol–water partition coefficient (Wildman–Crippen LogP) is 5.63. The Kier molecular flexibility index (Phi) is 5.15. The van der Waals surface area contributed by atoms with Gasteiger partial charge in [-0.1, -0.05) is 18.9 Å². The molecule has 0 bridgehead atoms. The lowest BCUT2D eigenvalue weighted by molar-refractivity contribution is 0.590. The van der Waals surface area contributed by atoms with Crippen molar-refractivity contribution in [2.24, 2.45) is 0 Å². The summed E-state index contributed by atoms with van der Waals surface area (Å²) in [5, 5.41) is 10.6. The van der Waals surface area contributed by atoms with Gasteiger partial charge in [-0.2, -0.15) is 0 Å². The maximum absolute atomic E-state index is 7.43. The fourth-order valence-corrected chi connectivity index (χ4v) is 3.89. The molecule has 4 N–H and O–H groups in total. The average Bonchev–Trinajstić information content (AvgIpc) is 3.13. The Labute approximate surface area is 165 Å². The van der Waals surface area contributed by atoms with Gasteiger partial charge in [-0.3, -0.25) is 0 Å². The van der Waals surface area contributed by atoms with Crippen molar-refractivity contribution in [3.05, 3.63) is 58.8 Å². The number of nitrogens with zero attached hydrogens (tertiary/aromatic N) is 1. The van der Waals surface area contributed by atoms with Crippen LogP contribution in [0.2, 0.25) is 0 Å². The predicted molar refractivity (Wildman–Crippen MR) is 115 cm³/mol. The van der Waals surface area contributed by atoms with E-state index < -0.39 is 0 Å². The summed E-state index contributed by atoms with van der Waals surface area (Å²) in [6.45, 7) is 2.14. The second-order valence-electron chi connectivity index (χ2n) is 7.49. The Morgan fingerprint density at radius 3 is 2.57 bits per heavy atom. The third kappa shape index (κ3) is 3.79. The summed E-state index contributed by atoms with van der Waals surface area (Å²) in [5.41, 5.74) is 13.1. The summed E-state index contributed by atoms with van der Waals surface area (Å²) < 4.78 is 5.99. The number of oxazole rings is 1. The quantitative estimate of drug-likeness (QED) is 0.408. The van der Waals surface area contributed by atoms with E-state index in [4.69, 9.17) is 15.6 Å². The maximum Gasteiger partial charge on any atom is 0.299 e. The first kappa shape index (κ1) is 18.3. The average molecular weight is 374 g/mol. The van der Waals surface area contributed by atoms with E-state index >= 15 is 0 Å². The number of hydrogen-bond acceptors (Lipinski definition) is 5. The number of hydrogen-bond donors (Lipinski definition) is 3. The van der Waals surface area contributed by atoms with E-state index in [0.29, 0.717) is 17.3 Å². The van der Waals surface area contributed by atoms with Crippen molar-refractivity contribution in [1.82, 2.24) is 4.98 Å². The lowest BCUT2D eigenvalue weighted by Crippen LogP contribution is -2.01. The third-order valence-corrected chi connectivity index (χ3v) is 5.45. The fourth-order valence-electron chi connectivity index (χ4n) is 3.89. The molecule has 1 aromatic heterocycles. The number of nitrogen functional groups attached to an aromatic ring is 1. The van der Waals surface area contributed by atoms with Crippen molar-refractivity contribution in [1.29, 1.82) is 5.41 Å². The summed E-state index contributed by atoms with van der Waals surface area (Å²) in [6.07, 6.45) is 10.5. The Balaban J connectivity index is 1.60. The summed E-state index contributed by atoms with van der Waals surface area (Å²) >= 11 is 0. The lowest BCUT2D eigenvalue weighted by atomic mass is 9.89. The van der Waals surface area contributed by atoms with Crippen LogP contribution in [-0.2, 0) is 12.8 Å². The Morgan fingerprint density at radius 1 is 1.07 bits per heavy atom. The smallest absolute Gasteiger partial charge is 0.299 e. The molecule has 144 valence electrons. The van der Waals surface area contributed by atoms with Crippen molar-refractivity contribution in [2.75, 3.05) is 11.1 Å². The maximum atomic E-state index is 7.43. The first-order chi connectivity index (χ1) is 13.6. The molecule has 0 aliphatic heterocycles. The molecule has 0 saturated heterocycles. The van der Waals surface area contributed by atoms with Crippen molar-refractivity contribution < 1.29 is 4.42 Å². The molecule has 0 atom stereocenters. The highest BCUT2D eigenvalue weighted by molar-refractivity contribution is 5.87. The van der Waals surface area contributed by atoms with Crippen molar-refractivity contribution in [3.63, 3.8) is 0 Å². The van der Waals surface area contributed by atoms with Crippen LogP contribution in [0.4, 0.5) is 17.4 Å². The van der Waals surface area contributed by atoms with Gasteiger partial charge in [0.1, 0.15) is 0 Å². The van der Waals surface area contributed by atoms with Gasteiger partial charge in [0, 0.05) is 28.7 Å². The molecule has 3 aromatic rings. The lowest BCUT2D eigenvalue weighted by Gasteiger charge is -2.16. The molecule has 5 heteroatoms. The highest BCUT2D eigenvalue weighted by Gasteiger charge is 2.14. The SMILES string of the molecule is Cc1cc2c(cc1-c1cnc(Nc3ccc(N)c(C=N)c3)o1)CCCCCC2. The normalized spacial score (nSPS) is 14.0. The van der Waals surface area contributed by atoms with Crippen LogP contribution in [-0.4, -0.2) is 11.2 Å². The van der Waals surface area contributed by atoms with Gasteiger partial charge in [0.25, 0.3) is 6.01 Å². The number of nitrogens with one attached hydrogen (secondary N) is 2. The topological polar surface area (TPSA) is 87.9 Å². The molecule has 0 fully saturated rings. The van der Waals surface area contributed by atoms with E-state index in [1.165, 1.54) is 55.0 Å². The number of benzene rings is 2. The van der Waals surface area contributed by atoms with E-state index in [0.717, 1.165) is 23.4 Å². The fraction of sp³-hybridized carbons (Fsp3) is 0.304. The molecule has 0 spiro atoms. The minimum absolute atomic E-state index is 0.432. The van der Waals surface area contributed by atoms with Crippen molar-refractivity contribution in [3.8, 4) is 11.3 Å². The van der Waals surface area contributed by atoms with Gasteiger partial charge < -0.3 is 20.9 Å². The first-order valence-electron chi connectivity index (χ1n) is 9.89. The zero-order valence-electron chi connectivity index (χ0n) is 16.2. The molecule has 1 heterocycles. The zero-order valence-corrected chi connectivity index (χ0v) is 16.2. The van der Waals surface area contributed by atoms with Gasteiger partial charge >= 0.3 is 0 Å². The van der Waals surface area contributed by atoms with Crippen LogP contribution in [0.5, 0.6) is 0 Å². The Hall–Kier alpha value is -3.08. The molecule has 4 rings (SSSR count). The second-order valence-corrected chi connectivity index (χ2v) is 7.49. The Morgan fingerprint density at radius 2 is 1.82 bits per heavy atom. The molecule has 0 radical (unpaired) electrons. The molecule has 1 aliphatic rings. The Bertz CT molecular complexity index is 1010. The summed E-state index contributed by atoms with van der Waals surface area (Å²) in [5.74, 6) is 0.771. The zero-order chi connectivity index (χ0) is 19.5. The molecule has 0 amide bonds. The van der Waals surface area contributed by atoms with Gasteiger partial charge in [0.15, 0.2) is 5.76 Å². The van der Waals surface area contributed by atoms with Gasteiger partial charge in [0.2, 0.25) is 0 Å². The van der Waals surface area contributed by atoms with Gasteiger partial charge in [-0.05, 0) is 73.6 Å². The van der Waals surface area contributed by atoms with Crippen LogP contribution in [0.1, 0.15) is 47.9 Å². The number of aromatic nitrogens is 1. The largest absolute Gasteiger partial charge is 0.423 e. The van der Waals surface area contributed by atoms with E-state index in [-0.39, 0.29) is 0 Å². The molecular weight excluding hydrogens is 348 g/mol. The minimum Gasteiger partial charge on any atom is -0.423 e. The molecule has 0 saturated carbocycles. The molecule has 0 unspecified atom stereocenters. The van der Waals surface area contributed by atoms with Gasteiger partial charge in [-0.15, -0.1) is 0 Å². The van der Waals surface area contributed by atoms with Crippen LogP contribution < -0.4 is 11.1 Å². The second kappa shape index (κ2) is 7.89. The number of nitrogens with two attached hydrogens (primary N) is 1. The summed E-state index contributed by atoms with van der Waals surface area (Å²) in [6, 6.07) is 10.5. The standard InChI is InChI=1S/C23H26N4O/c1-15-10-16-6-4-2-3-5-7-17(16)12-20(15)22-14-26-23(28-22)27-19-8-9-21(25)18(11-19)13-24/h8-14,24H,2-7,25H2,1H3,(H,26,27). The van der Waals surface area contributed by atoms with E-state index in [1.807, 2.05) is 12.1 Å². The molecular formula is C23H26N4O. The highest BCUT2D eigenvalue weighted by atomic mass is 16.4. The van der Waals surface area contributed by atoms with E-state index in [2.05, 4.69) is 29.4 Å². The minimum atomic E-state index is 0.432. The third-order valence-electron chi connectivity index (χ3n) is 5.45. The summed E-state index contributed by atoms with van der Waals surface area (Å²) in [4.78, 5) is 4.39. The number of anilines is 3. The molecule has 2 aromatic carbocycles. The number of aryl methyl sites for hydroxylation is 3. The van der Waals surface area contributed by atoms with Crippen LogP contribution in [0.3, 0.4) is 0 Å². The van der Waals surface area contributed by atoms with Crippen LogP contribution >= 0.6 is 0 Å².